The second-order valence-corrected chi connectivity index (χ2v) is 9.88. The van der Waals surface area contributed by atoms with Crippen LogP contribution in [0.25, 0.3) is 10.6 Å². The molecule has 2 fully saturated rings. The second kappa shape index (κ2) is 7.56. The van der Waals surface area contributed by atoms with Crippen molar-refractivity contribution >= 4 is 34.1 Å². The Labute approximate surface area is 185 Å². The highest BCUT2D eigenvalue weighted by molar-refractivity contribution is 7.19. The van der Waals surface area contributed by atoms with Gasteiger partial charge in [0.1, 0.15) is 5.82 Å². The van der Waals surface area contributed by atoms with Crippen molar-refractivity contribution in [1.29, 1.82) is 0 Å². The van der Waals surface area contributed by atoms with E-state index in [1.165, 1.54) is 31.1 Å². The Bertz CT molecular complexity index is 1060. The van der Waals surface area contributed by atoms with Gasteiger partial charge in [-0.3, -0.25) is 9.59 Å². The van der Waals surface area contributed by atoms with Gasteiger partial charge >= 0.3 is 0 Å². The topological polar surface area (TPSA) is 98.7 Å². The van der Waals surface area contributed by atoms with Gasteiger partial charge in [-0.05, 0) is 50.7 Å². The normalized spacial score (nSPS) is 21.5. The zero-order chi connectivity index (χ0) is 21.9. The van der Waals surface area contributed by atoms with Crippen LogP contribution in [-0.4, -0.2) is 57.0 Å². The SMILES string of the molecule is CC(=O)Nc1nc(C)c(-c2cc3c(c(N4CCC(O)C4)n2)C(=O)N([C@@H](C)C2CC2)C3)s1. The molecule has 2 aromatic heterocycles. The Morgan fingerprint density at radius 2 is 2.10 bits per heavy atom. The number of aliphatic hydroxyl groups is 1. The molecule has 4 heterocycles. The van der Waals surface area contributed by atoms with E-state index in [2.05, 4.69) is 17.2 Å². The van der Waals surface area contributed by atoms with E-state index < -0.39 is 6.10 Å². The molecule has 2 aliphatic heterocycles. The average Bonchev–Trinajstić information content (AvgIpc) is 3.26. The third-order valence-electron chi connectivity index (χ3n) is 6.47. The number of carbonyl (C=O) groups is 2. The van der Waals surface area contributed by atoms with Crippen LogP contribution in [0.5, 0.6) is 0 Å². The molecule has 164 valence electrons. The van der Waals surface area contributed by atoms with Gasteiger partial charge < -0.3 is 20.2 Å². The standard InChI is InChI=1S/C22H27N5O3S/c1-11-19(31-22(23-11)24-13(3)28)17-8-15-9-27(12(2)14-4-5-14)21(30)18(15)20(25-17)26-7-6-16(29)10-26/h8,12,14,16,29H,4-7,9-10H2,1-3H3,(H,23,24,28)/t12-,16?/m0/s1. The number of β-amino-alcohol motifs (C(OH)–C–C–N with tert-alkyl or cyclic N) is 1. The molecule has 0 aromatic carbocycles. The van der Waals surface area contributed by atoms with Gasteiger partial charge in [0.15, 0.2) is 5.13 Å². The zero-order valence-electron chi connectivity index (χ0n) is 18.0. The van der Waals surface area contributed by atoms with Crippen molar-refractivity contribution in [2.45, 2.75) is 58.7 Å². The van der Waals surface area contributed by atoms with Crippen LogP contribution in [0, 0.1) is 12.8 Å². The molecule has 2 N–H and O–H groups in total. The first-order chi connectivity index (χ1) is 14.8. The number of fused-ring (bicyclic) bond motifs is 1. The monoisotopic (exact) mass is 441 g/mol. The van der Waals surface area contributed by atoms with Crippen LogP contribution >= 0.6 is 11.3 Å². The predicted molar refractivity (Wildman–Crippen MR) is 119 cm³/mol. The summed E-state index contributed by atoms with van der Waals surface area (Å²) in [4.78, 5) is 39.1. The highest BCUT2D eigenvalue weighted by atomic mass is 32.1. The van der Waals surface area contributed by atoms with E-state index in [0.29, 0.717) is 48.5 Å². The molecule has 0 bridgehead atoms. The summed E-state index contributed by atoms with van der Waals surface area (Å²) < 4.78 is 0. The maximum Gasteiger partial charge on any atom is 0.258 e. The van der Waals surface area contributed by atoms with Gasteiger partial charge in [-0.15, -0.1) is 0 Å². The average molecular weight is 442 g/mol. The Morgan fingerprint density at radius 1 is 1.32 bits per heavy atom. The molecular weight excluding hydrogens is 414 g/mol. The fourth-order valence-corrected chi connectivity index (χ4v) is 5.59. The summed E-state index contributed by atoms with van der Waals surface area (Å²) in [7, 11) is 0. The molecule has 2 atom stereocenters. The summed E-state index contributed by atoms with van der Waals surface area (Å²) in [5, 5.41) is 13.4. The zero-order valence-corrected chi connectivity index (χ0v) is 18.8. The smallest absolute Gasteiger partial charge is 0.258 e. The molecule has 5 rings (SSSR count). The largest absolute Gasteiger partial charge is 0.391 e. The molecule has 1 aliphatic carbocycles. The van der Waals surface area contributed by atoms with Crippen molar-refractivity contribution in [3.8, 4) is 10.6 Å². The minimum Gasteiger partial charge on any atom is -0.391 e. The number of nitrogens with one attached hydrogen (secondary N) is 1. The molecule has 9 heteroatoms. The summed E-state index contributed by atoms with van der Waals surface area (Å²) in [5.74, 6) is 1.13. The molecule has 0 radical (unpaired) electrons. The number of carbonyl (C=O) groups excluding carboxylic acids is 2. The van der Waals surface area contributed by atoms with Crippen LogP contribution in [0.4, 0.5) is 10.9 Å². The van der Waals surface area contributed by atoms with Crippen LogP contribution in [0.3, 0.4) is 0 Å². The lowest BCUT2D eigenvalue weighted by Gasteiger charge is -2.24. The molecule has 2 aromatic rings. The number of pyridine rings is 1. The molecule has 1 saturated carbocycles. The van der Waals surface area contributed by atoms with Crippen molar-refractivity contribution < 1.29 is 14.7 Å². The minimum atomic E-state index is -0.407. The van der Waals surface area contributed by atoms with Gasteiger partial charge in [0.05, 0.1) is 27.9 Å². The van der Waals surface area contributed by atoms with Crippen LogP contribution in [-0.2, 0) is 11.3 Å². The molecule has 1 unspecified atom stereocenters. The molecular formula is C22H27N5O3S. The quantitative estimate of drug-likeness (QED) is 0.740. The predicted octanol–water partition coefficient (Wildman–Crippen LogP) is 2.80. The number of rotatable bonds is 5. The summed E-state index contributed by atoms with van der Waals surface area (Å²) in [5.41, 5.74) is 3.21. The highest BCUT2D eigenvalue weighted by Crippen LogP contribution is 2.42. The molecule has 8 nitrogen and oxygen atoms in total. The summed E-state index contributed by atoms with van der Waals surface area (Å²) in [6.07, 6.45) is 2.63. The van der Waals surface area contributed by atoms with E-state index in [0.717, 1.165) is 21.8 Å². The maximum absolute atomic E-state index is 13.4. The molecule has 3 aliphatic rings. The van der Waals surface area contributed by atoms with Crippen LogP contribution in [0.15, 0.2) is 6.07 Å². The Kier molecular flexibility index (Phi) is 4.97. The first kappa shape index (κ1) is 20.4. The van der Waals surface area contributed by atoms with Gasteiger partial charge in [0.2, 0.25) is 5.91 Å². The number of aliphatic hydroxyl groups excluding tert-OH is 1. The Hall–Kier alpha value is -2.52. The number of amides is 2. The molecule has 1 saturated heterocycles. The number of nitrogens with zero attached hydrogens (tertiary/aromatic N) is 4. The molecule has 2 amide bonds. The summed E-state index contributed by atoms with van der Waals surface area (Å²) in [6.45, 7) is 7.24. The van der Waals surface area contributed by atoms with Crippen molar-refractivity contribution in [2.75, 3.05) is 23.3 Å². The van der Waals surface area contributed by atoms with E-state index >= 15 is 0 Å². The first-order valence-electron chi connectivity index (χ1n) is 10.8. The third kappa shape index (κ3) is 3.70. The van der Waals surface area contributed by atoms with Gasteiger partial charge in [-0.25, -0.2) is 9.97 Å². The van der Waals surface area contributed by atoms with Crippen LogP contribution in [0.1, 0.15) is 54.7 Å². The van der Waals surface area contributed by atoms with Crippen molar-refractivity contribution in [2.24, 2.45) is 5.92 Å². The second-order valence-electron chi connectivity index (χ2n) is 8.88. The van der Waals surface area contributed by atoms with Crippen LogP contribution < -0.4 is 10.2 Å². The van der Waals surface area contributed by atoms with Crippen LogP contribution in [0.2, 0.25) is 0 Å². The van der Waals surface area contributed by atoms with E-state index in [1.807, 2.05) is 22.8 Å². The number of thiazole rings is 1. The fraction of sp³-hybridized carbons (Fsp3) is 0.545. The van der Waals surface area contributed by atoms with E-state index in [9.17, 15) is 14.7 Å². The number of anilines is 2. The van der Waals surface area contributed by atoms with E-state index in [-0.39, 0.29) is 17.9 Å². The Balaban J connectivity index is 1.58. The first-order valence-corrected chi connectivity index (χ1v) is 11.7. The lowest BCUT2D eigenvalue weighted by molar-refractivity contribution is -0.114. The minimum absolute atomic E-state index is 0.0461. The van der Waals surface area contributed by atoms with E-state index in [4.69, 9.17) is 4.98 Å². The van der Waals surface area contributed by atoms with Gasteiger partial charge in [0, 0.05) is 32.6 Å². The molecule has 31 heavy (non-hydrogen) atoms. The number of aryl methyl sites for hydroxylation is 1. The van der Waals surface area contributed by atoms with Crippen molar-refractivity contribution in [3.63, 3.8) is 0 Å². The highest BCUT2D eigenvalue weighted by Gasteiger charge is 2.41. The lowest BCUT2D eigenvalue weighted by atomic mass is 10.1. The maximum atomic E-state index is 13.4. The van der Waals surface area contributed by atoms with Crippen molar-refractivity contribution in [1.82, 2.24) is 14.9 Å². The summed E-state index contributed by atoms with van der Waals surface area (Å²) in [6, 6.07) is 2.22. The molecule has 0 spiro atoms. The fourth-order valence-electron chi connectivity index (χ4n) is 4.62. The summed E-state index contributed by atoms with van der Waals surface area (Å²) >= 11 is 1.39. The van der Waals surface area contributed by atoms with Gasteiger partial charge in [-0.2, -0.15) is 0 Å². The van der Waals surface area contributed by atoms with Gasteiger partial charge in [0.25, 0.3) is 5.91 Å². The van der Waals surface area contributed by atoms with Gasteiger partial charge in [-0.1, -0.05) is 11.3 Å². The number of aromatic nitrogens is 2. The van der Waals surface area contributed by atoms with Crippen molar-refractivity contribution in [3.05, 3.63) is 22.9 Å². The van der Waals surface area contributed by atoms with E-state index in [1.54, 1.807) is 0 Å². The number of hydrogen-bond donors (Lipinski definition) is 2. The lowest BCUT2D eigenvalue weighted by Crippen LogP contribution is -2.35. The third-order valence-corrected chi connectivity index (χ3v) is 7.56. The number of hydrogen-bond acceptors (Lipinski definition) is 7. The Morgan fingerprint density at radius 3 is 2.74 bits per heavy atom.